The Balaban J connectivity index is 3.27. The fraction of sp³-hybridized carbons (Fsp3) is 0.609. The molecule has 28 heavy (non-hydrogen) atoms. The molecule has 156 valence electrons. The SMILES string of the molecule is CC(C)(C)[Si](C)(C)O/C=C/[C@@](C#N)(Cc1ccccc1)O[Si](C)(C)C(C)(C)C. The summed E-state index contributed by atoms with van der Waals surface area (Å²) in [5, 5.41) is 10.3. The Labute approximate surface area is 175 Å². The zero-order valence-electron chi connectivity index (χ0n) is 19.5. The molecular weight excluding hydrogens is 378 g/mol. The number of rotatable bonds is 7. The molecule has 0 aromatic heterocycles. The number of benzene rings is 1. The molecule has 0 heterocycles. The quantitative estimate of drug-likeness (QED) is 0.352. The minimum atomic E-state index is -2.17. The standard InChI is InChI=1S/C23H39NO2Si2/c1-21(2,3)27(7,8)25-17-16-23(19-24,18-20-14-12-11-13-15-20)26-28(9,10)22(4,5)6/h11-17H,18H2,1-10H3/b17-16+/t23-/m0/s1. The van der Waals surface area contributed by atoms with Gasteiger partial charge >= 0.3 is 0 Å². The summed E-state index contributed by atoms with van der Waals surface area (Å²) >= 11 is 0. The molecule has 1 aromatic rings. The van der Waals surface area contributed by atoms with Crippen LogP contribution in [0.1, 0.15) is 47.1 Å². The Hall–Kier alpha value is -1.36. The van der Waals surface area contributed by atoms with Crippen LogP contribution in [0.15, 0.2) is 42.7 Å². The lowest BCUT2D eigenvalue weighted by Gasteiger charge is -2.42. The van der Waals surface area contributed by atoms with Crippen molar-refractivity contribution < 1.29 is 8.85 Å². The van der Waals surface area contributed by atoms with E-state index in [1.54, 1.807) is 6.26 Å². The lowest BCUT2D eigenvalue weighted by Crippen LogP contribution is -2.49. The highest BCUT2D eigenvalue weighted by Crippen LogP contribution is 2.41. The van der Waals surface area contributed by atoms with Gasteiger partial charge in [0.1, 0.15) is 6.07 Å². The van der Waals surface area contributed by atoms with E-state index < -0.39 is 22.2 Å². The molecule has 0 aliphatic rings. The van der Waals surface area contributed by atoms with Crippen LogP contribution in [0, 0.1) is 11.3 Å². The van der Waals surface area contributed by atoms with Gasteiger partial charge in [-0.1, -0.05) is 71.9 Å². The summed E-state index contributed by atoms with van der Waals surface area (Å²) in [6, 6.07) is 12.6. The maximum atomic E-state index is 10.2. The van der Waals surface area contributed by atoms with Gasteiger partial charge in [0.15, 0.2) is 13.9 Å². The summed E-state index contributed by atoms with van der Waals surface area (Å²) in [6.07, 6.45) is 4.09. The molecule has 0 saturated heterocycles. The van der Waals surface area contributed by atoms with Crippen molar-refractivity contribution in [2.75, 3.05) is 0 Å². The van der Waals surface area contributed by atoms with Crippen molar-refractivity contribution in [3.8, 4) is 6.07 Å². The van der Waals surface area contributed by atoms with Gasteiger partial charge in [-0.25, -0.2) is 0 Å². The van der Waals surface area contributed by atoms with Gasteiger partial charge in [0.25, 0.3) is 0 Å². The molecule has 0 spiro atoms. The summed E-state index contributed by atoms with van der Waals surface area (Å²) in [7, 11) is -4.11. The monoisotopic (exact) mass is 417 g/mol. The number of hydrogen-bond acceptors (Lipinski definition) is 3. The molecule has 0 bridgehead atoms. The first-order valence-corrected chi connectivity index (χ1v) is 15.9. The lowest BCUT2D eigenvalue weighted by atomic mass is 9.96. The minimum absolute atomic E-state index is 0.0138. The van der Waals surface area contributed by atoms with Crippen LogP contribution in [-0.4, -0.2) is 22.2 Å². The number of nitriles is 1. The molecule has 0 amide bonds. The van der Waals surface area contributed by atoms with Crippen molar-refractivity contribution >= 4 is 16.6 Å². The van der Waals surface area contributed by atoms with E-state index in [0.717, 1.165) is 5.56 Å². The van der Waals surface area contributed by atoms with Crippen molar-refractivity contribution in [1.29, 1.82) is 5.26 Å². The Bertz CT molecular complexity index is 707. The van der Waals surface area contributed by atoms with Gasteiger partial charge in [-0.3, -0.25) is 0 Å². The van der Waals surface area contributed by atoms with Crippen LogP contribution in [0.5, 0.6) is 0 Å². The molecule has 5 heteroatoms. The Morgan fingerprint density at radius 1 is 0.893 bits per heavy atom. The van der Waals surface area contributed by atoms with E-state index in [-0.39, 0.29) is 10.1 Å². The van der Waals surface area contributed by atoms with E-state index in [1.807, 2.05) is 36.4 Å². The molecule has 1 atom stereocenters. The Morgan fingerprint density at radius 3 is 1.82 bits per heavy atom. The third kappa shape index (κ3) is 6.33. The minimum Gasteiger partial charge on any atom is -0.549 e. The third-order valence-electron chi connectivity index (χ3n) is 6.25. The fourth-order valence-electron chi connectivity index (χ4n) is 2.23. The summed E-state index contributed by atoms with van der Waals surface area (Å²) in [4.78, 5) is 0. The van der Waals surface area contributed by atoms with Gasteiger partial charge in [-0.15, -0.1) is 0 Å². The van der Waals surface area contributed by atoms with Crippen LogP contribution in [0.25, 0.3) is 0 Å². The summed E-state index contributed by atoms with van der Waals surface area (Å²) in [5.41, 5.74) is 0.0481. The molecule has 0 N–H and O–H groups in total. The first kappa shape index (κ1) is 24.7. The highest BCUT2D eigenvalue weighted by Gasteiger charge is 2.45. The van der Waals surface area contributed by atoms with Crippen LogP contribution in [-0.2, 0) is 15.3 Å². The molecule has 3 nitrogen and oxygen atoms in total. The highest BCUT2D eigenvalue weighted by atomic mass is 28.4. The van der Waals surface area contributed by atoms with Crippen LogP contribution >= 0.6 is 0 Å². The second-order valence-corrected chi connectivity index (χ2v) is 20.2. The van der Waals surface area contributed by atoms with Gasteiger partial charge in [-0.2, -0.15) is 5.26 Å². The van der Waals surface area contributed by atoms with Crippen molar-refractivity contribution in [3.63, 3.8) is 0 Å². The van der Waals surface area contributed by atoms with E-state index in [2.05, 4.69) is 73.8 Å². The molecule has 0 radical (unpaired) electrons. The second-order valence-electron chi connectivity index (χ2n) is 10.7. The molecule has 1 aromatic carbocycles. The van der Waals surface area contributed by atoms with Crippen LogP contribution in [0.4, 0.5) is 0 Å². The normalized spacial score (nSPS) is 15.9. The summed E-state index contributed by atoms with van der Waals surface area (Å²) in [6.45, 7) is 22.0. The van der Waals surface area contributed by atoms with Crippen molar-refractivity contribution in [2.45, 2.75) is 89.8 Å². The van der Waals surface area contributed by atoms with Gasteiger partial charge in [-0.05, 0) is 47.9 Å². The van der Waals surface area contributed by atoms with Gasteiger partial charge in [0.2, 0.25) is 8.32 Å². The van der Waals surface area contributed by atoms with E-state index in [4.69, 9.17) is 8.85 Å². The van der Waals surface area contributed by atoms with E-state index in [1.165, 1.54) is 0 Å². The van der Waals surface area contributed by atoms with E-state index >= 15 is 0 Å². The maximum Gasteiger partial charge on any atom is 0.249 e. The lowest BCUT2D eigenvalue weighted by molar-refractivity contribution is 0.156. The van der Waals surface area contributed by atoms with Crippen molar-refractivity contribution in [2.24, 2.45) is 0 Å². The molecule has 0 aliphatic heterocycles. The average molecular weight is 418 g/mol. The Morgan fingerprint density at radius 2 is 1.39 bits per heavy atom. The molecule has 1 rings (SSSR count). The average Bonchev–Trinajstić information content (AvgIpc) is 2.53. The summed E-state index contributed by atoms with van der Waals surface area (Å²) < 4.78 is 12.9. The van der Waals surface area contributed by atoms with Crippen LogP contribution < -0.4 is 0 Å². The largest absolute Gasteiger partial charge is 0.549 e. The third-order valence-corrected chi connectivity index (χ3v) is 15.1. The van der Waals surface area contributed by atoms with Crippen LogP contribution in [0.3, 0.4) is 0 Å². The Kier molecular flexibility index (Phi) is 7.55. The first-order chi connectivity index (χ1) is 12.6. The maximum absolute atomic E-state index is 10.2. The summed E-state index contributed by atoms with van der Waals surface area (Å²) in [5.74, 6) is 0. The first-order valence-electron chi connectivity index (χ1n) is 10.1. The zero-order chi connectivity index (χ0) is 21.9. The van der Waals surface area contributed by atoms with Crippen molar-refractivity contribution in [3.05, 3.63) is 48.2 Å². The molecular formula is C23H39NO2Si2. The number of nitrogens with zero attached hydrogens (tertiary/aromatic N) is 1. The molecule has 0 aliphatic carbocycles. The fourth-order valence-corrected chi connectivity index (χ4v) is 4.39. The van der Waals surface area contributed by atoms with Crippen molar-refractivity contribution in [1.82, 2.24) is 0 Å². The molecule has 0 unspecified atom stereocenters. The topological polar surface area (TPSA) is 42.2 Å². The van der Waals surface area contributed by atoms with Gasteiger partial charge in [0.05, 0.1) is 6.26 Å². The van der Waals surface area contributed by atoms with E-state index in [0.29, 0.717) is 6.42 Å². The zero-order valence-corrected chi connectivity index (χ0v) is 21.5. The smallest absolute Gasteiger partial charge is 0.249 e. The van der Waals surface area contributed by atoms with Gasteiger partial charge < -0.3 is 8.85 Å². The van der Waals surface area contributed by atoms with Gasteiger partial charge in [0, 0.05) is 6.42 Å². The molecule has 0 saturated carbocycles. The van der Waals surface area contributed by atoms with E-state index in [9.17, 15) is 5.26 Å². The second kappa shape index (κ2) is 8.56. The number of hydrogen-bond donors (Lipinski definition) is 0. The predicted molar refractivity (Wildman–Crippen MR) is 124 cm³/mol. The van der Waals surface area contributed by atoms with Crippen LogP contribution in [0.2, 0.25) is 36.3 Å². The highest BCUT2D eigenvalue weighted by molar-refractivity contribution is 6.74. The predicted octanol–water partition coefficient (Wildman–Crippen LogP) is 7.05. The molecule has 0 fully saturated rings.